The quantitative estimate of drug-likeness (QED) is 0.786. The van der Waals surface area contributed by atoms with Crippen LogP contribution in [0.25, 0.3) is 0 Å². The smallest absolute Gasteiger partial charge is 0.276 e. The van der Waals surface area contributed by atoms with E-state index in [0.29, 0.717) is 23.5 Å². The number of nitrogen functional groups attached to an aromatic ring is 1. The summed E-state index contributed by atoms with van der Waals surface area (Å²) in [7, 11) is 0. The maximum Gasteiger partial charge on any atom is 0.276 e. The van der Waals surface area contributed by atoms with Crippen molar-refractivity contribution in [1.29, 1.82) is 0 Å². The van der Waals surface area contributed by atoms with Crippen LogP contribution in [0.15, 0.2) is 23.3 Å². The van der Waals surface area contributed by atoms with Gasteiger partial charge in [0.25, 0.3) is 5.56 Å². The number of hydrogen-bond donors (Lipinski definition) is 3. The summed E-state index contributed by atoms with van der Waals surface area (Å²) in [6, 6.07) is 3.50. The molecule has 0 spiro atoms. The van der Waals surface area contributed by atoms with Gasteiger partial charge in [0.1, 0.15) is 11.5 Å². The lowest BCUT2D eigenvalue weighted by molar-refractivity contribution is 0.608. The highest BCUT2D eigenvalue weighted by molar-refractivity contribution is 5.59. The number of H-pyrrole nitrogens is 1. The van der Waals surface area contributed by atoms with Crippen LogP contribution >= 0.6 is 0 Å². The average Bonchev–Trinajstić information content (AvgIpc) is 2.37. The number of benzene rings is 1. The topological polar surface area (TPSA) is 83.8 Å². The molecule has 1 aromatic heterocycles. The second kappa shape index (κ2) is 5.09. The first-order chi connectivity index (χ1) is 8.99. The molecular weight excluding hydrogens is 247 g/mol. The second-order valence-electron chi connectivity index (χ2n) is 4.39. The van der Waals surface area contributed by atoms with Crippen LogP contribution in [0.4, 0.5) is 15.9 Å². The lowest BCUT2D eigenvalue weighted by Gasteiger charge is -2.09. The first-order valence-corrected chi connectivity index (χ1v) is 5.81. The Labute approximate surface area is 109 Å². The zero-order chi connectivity index (χ0) is 14.0. The predicted molar refractivity (Wildman–Crippen MR) is 72.5 cm³/mol. The van der Waals surface area contributed by atoms with Gasteiger partial charge in [0.05, 0.1) is 6.33 Å². The fourth-order valence-electron chi connectivity index (χ4n) is 1.87. The van der Waals surface area contributed by atoms with Gasteiger partial charge in [0.15, 0.2) is 5.82 Å². The third kappa shape index (κ3) is 2.73. The van der Waals surface area contributed by atoms with Gasteiger partial charge in [-0.1, -0.05) is 12.1 Å². The van der Waals surface area contributed by atoms with E-state index >= 15 is 0 Å². The Kier molecular flexibility index (Phi) is 3.50. The molecule has 100 valence electrons. The fraction of sp³-hybridized carbons (Fsp3) is 0.231. The van der Waals surface area contributed by atoms with Crippen LogP contribution in [-0.2, 0) is 6.54 Å². The molecule has 5 nitrogen and oxygen atoms in total. The normalized spacial score (nSPS) is 10.5. The summed E-state index contributed by atoms with van der Waals surface area (Å²) in [6.45, 7) is 3.85. The van der Waals surface area contributed by atoms with Gasteiger partial charge in [-0.3, -0.25) is 4.79 Å². The largest absolute Gasteiger partial charge is 0.391 e. The minimum atomic E-state index is -0.385. The Hall–Kier alpha value is -2.37. The van der Waals surface area contributed by atoms with E-state index in [4.69, 9.17) is 5.73 Å². The highest BCUT2D eigenvalue weighted by Crippen LogP contribution is 2.16. The molecule has 6 heteroatoms. The number of aryl methyl sites for hydroxylation is 2. The summed E-state index contributed by atoms with van der Waals surface area (Å²) < 4.78 is 13.5. The summed E-state index contributed by atoms with van der Waals surface area (Å²) in [5.74, 6) is 0.126. The Morgan fingerprint density at radius 3 is 2.63 bits per heavy atom. The molecule has 4 N–H and O–H groups in total. The average molecular weight is 262 g/mol. The van der Waals surface area contributed by atoms with E-state index < -0.39 is 0 Å². The van der Waals surface area contributed by atoms with Crippen LogP contribution in [0.1, 0.15) is 16.7 Å². The SMILES string of the molecule is Cc1cc(CNc2nc[nH]c(=O)c2N)cc(C)c1F. The minimum Gasteiger partial charge on any atom is -0.391 e. The first kappa shape index (κ1) is 13.1. The maximum atomic E-state index is 13.5. The highest BCUT2D eigenvalue weighted by Gasteiger charge is 2.06. The van der Waals surface area contributed by atoms with E-state index in [1.165, 1.54) is 6.33 Å². The van der Waals surface area contributed by atoms with Gasteiger partial charge in [0, 0.05) is 6.54 Å². The van der Waals surface area contributed by atoms with E-state index in [2.05, 4.69) is 15.3 Å². The van der Waals surface area contributed by atoms with Gasteiger partial charge < -0.3 is 16.0 Å². The summed E-state index contributed by atoms with van der Waals surface area (Å²) in [5, 5.41) is 2.97. The molecule has 0 unspecified atom stereocenters. The van der Waals surface area contributed by atoms with Crippen LogP contribution in [0.2, 0.25) is 0 Å². The summed E-state index contributed by atoms with van der Waals surface area (Å²) in [4.78, 5) is 17.6. The van der Waals surface area contributed by atoms with Gasteiger partial charge in [-0.2, -0.15) is 0 Å². The van der Waals surface area contributed by atoms with Gasteiger partial charge in [0.2, 0.25) is 0 Å². The number of nitrogens with one attached hydrogen (secondary N) is 2. The molecule has 0 atom stereocenters. The monoisotopic (exact) mass is 262 g/mol. The minimum absolute atomic E-state index is 0.0399. The summed E-state index contributed by atoms with van der Waals surface area (Å²) in [5.41, 5.74) is 7.33. The molecule has 2 rings (SSSR count). The molecule has 0 amide bonds. The predicted octanol–water partition coefficient (Wildman–Crippen LogP) is 1.72. The van der Waals surface area contributed by atoms with Gasteiger partial charge >= 0.3 is 0 Å². The standard InChI is InChI=1S/C13H15FN4O/c1-7-3-9(4-8(2)10(7)14)5-16-12-11(15)13(19)18-6-17-12/h3-4,6H,5,15H2,1-2H3,(H2,16,17,18,19). The Balaban J connectivity index is 2.19. The van der Waals surface area contributed by atoms with Crippen molar-refractivity contribution in [2.24, 2.45) is 0 Å². The van der Waals surface area contributed by atoms with Crippen LogP contribution in [0.3, 0.4) is 0 Å². The number of nitrogens with two attached hydrogens (primary N) is 1. The zero-order valence-electron chi connectivity index (χ0n) is 10.7. The third-order valence-electron chi connectivity index (χ3n) is 2.85. The molecule has 0 aliphatic carbocycles. The molecular formula is C13H15FN4O. The van der Waals surface area contributed by atoms with Crippen LogP contribution in [-0.4, -0.2) is 9.97 Å². The summed E-state index contributed by atoms with van der Waals surface area (Å²) >= 11 is 0. The van der Waals surface area contributed by atoms with Gasteiger partial charge in [-0.25, -0.2) is 9.37 Å². The van der Waals surface area contributed by atoms with E-state index in [-0.39, 0.29) is 17.1 Å². The van der Waals surface area contributed by atoms with Crippen molar-refractivity contribution < 1.29 is 4.39 Å². The van der Waals surface area contributed by atoms with E-state index in [1.807, 2.05) is 0 Å². The molecule has 0 aliphatic heterocycles. The molecule has 2 aromatic rings. The van der Waals surface area contributed by atoms with Crippen LogP contribution in [0, 0.1) is 19.7 Å². The lowest BCUT2D eigenvalue weighted by atomic mass is 10.1. The molecule has 1 aromatic carbocycles. The highest BCUT2D eigenvalue weighted by atomic mass is 19.1. The summed E-state index contributed by atoms with van der Waals surface area (Å²) in [6.07, 6.45) is 1.28. The fourth-order valence-corrected chi connectivity index (χ4v) is 1.87. The van der Waals surface area contributed by atoms with E-state index in [9.17, 15) is 9.18 Å². The van der Waals surface area contributed by atoms with Crippen LogP contribution in [0.5, 0.6) is 0 Å². The van der Waals surface area contributed by atoms with Crippen molar-refractivity contribution in [3.8, 4) is 0 Å². The zero-order valence-corrected chi connectivity index (χ0v) is 10.7. The number of anilines is 2. The van der Waals surface area contributed by atoms with Crippen molar-refractivity contribution >= 4 is 11.5 Å². The number of aromatic nitrogens is 2. The maximum absolute atomic E-state index is 13.5. The molecule has 0 radical (unpaired) electrons. The molecule has 0 bridgehead atoms. The van der Waals surface area contributed by atoms with Crippen molar-refractivity contribution in [2.45, 2.75) is 20.4 Å². The molecule has 19 heavy (non-hydrogen) atoms. The van der Waals surface area contributed by atoms with E-state index in [0.717, 1.165) is 5.56 Å². The Morgan fingerprint density at radius 2 is 2.00 bits per heavy atom. The van der Waals surface area contributed by atoms with Gasteiger partial charge in [-0.05, 0) is 30.5 Å². The van der Waals surface area contributed by atoms with Crippen molar-refractivity contribution in [3.63, 3.8) is 0 Å². The van der Waals surface area contributed by atoms with Crippen LogP contribution < -0.4 is 16.6 Å². The molecule has 0 saturated heterocycles. The van der Waals surface area contributed by atoms with Crippen molar-refractivity contribution in [2.75, 3.05) is 11.1 Å². The Morgan fingerprint density at radius 1 is 1.37 bits per heavy atom. The number of halogens is 1. The number of aromatic amines is 1. The van der Waals surface area contributed by atoms with E-state index in [1.54, 1.807) is 26.0 Å². The van der Waals surface area contributed by atoms with Gasteiger partial charge in [-0.15, -0.1) is 0 Å². The molecule has 0 fully saturated rings. The molecule has 0 aliphatic rings. The molecule has 1 heterocycles. The Bertz CT molecular complexity index is 643. The third-order valence-corrected chi connectivity index (χ3v) is 2.85. The number of nitrogens with zero attached hydrogens (tertiary/aromatic N) is 1. The van der Waals surface area contributed by atoms with Crippen molar-refractivity contribution in [1.82, 2.24) is 9.97 Å². The lowest BCUT2D eigenvalue weighted by Crippen LogP contribution is -2.16. The number of hydrogen-bond acceptors (Lipinski definition) is 4. The first-order valence-electron chi connectivity index (χ1n) is 5.81. The number of rotatable bonds is 3. The molecule has 0 saturated carbocycles. The van der Waals surface area contributed by atoms with Crippen molar-refractivity contribution in [3.05, 3.63) is 51.3 Å². The second-order valence-corrected chi connectivity index (χ2v) is 4.39.